The maximum atomic E-state index is 12.1. The van der Waals surface area contributed by atoms with E-state index in [-0.39, 0.29) is 5.91 Å². The predicted molar refractivity (Wildman–Crippen MR) is 69.1 cm³/mol. The molecule has 0 saturated carbocycles. The van der Waals surface area contributed by atoms with Gasteiger partial charge in [-0.2, -0.15) is 0 Å². The summed E-state index contributed by atoms with van der Waals surface area (Å²) in [5.74, 6) is 0.382. The summed E-state index contributed by atoms with van der Waals surface area (Å²) in [5.41, 5.74) is 3.17. The van der Waals surface area contributed by atoms with Crippen LogP contribution in [0.4, 0.5) is 11.6 Å². The number of amides is 1. The van der Waals surface area contributed by atoms with Gasteiger partial charge >= 0.3 is 0 Å². The van der Waals surface area contributed by atoms with Gasteiger partial charge in [0.05, 0.1) is 24.6 Å². The van der Waals surface area contributed by atoms with E-state index in [0.29, 0.717) is 23.5 Å². The average molecular weight is 251 g/mol. The van der Waals surface area contributed by atoms with Crippen molar-refractivity contribution in [1.82, 2.24) is 9.97 Å². The number of carbonyl (C=O) groups is 1. The van der Waals surface area contributed by atoms with Gasteiger partial charge in [0.2, 0.25) is 11.9 Å². The van der Waals surface area contributed by atoms with Crippen molar-refractivity contribution in [1.29, 1.82) is 0 Å². The molecule has 3 aromatic rings. The van der Waals surface area contributed by atoms with Crippen molar-refractivity contribution in [3.8, 4) is 0 Å². The van der Waals surface area contributed by atoms with E-state index in [1.165, 1.54) is 0 Å². The van der Waals surface area contributed by atoms with E-state index in [9.17, 15) is 4.79 Å². The van der Waals surface area contributed by atoms with E-state index >= 15 is 0 Å². The number of para-hydroxylation sites is 1. The normalized spacial score (nSPS) is 14.1. The molecule has 5 nitrogen and oxygen atoms in total. The number of hydrogen-bond acceptors (Lipinski definition) is 4. The first-order chi connectivity index (χ1) is 9.33. The molecular weight excluding hydrogens is 242 g/mol. The van der Waals surface area contributed by atoms with Crippen molar-refractivity contribution >= 4 is 28.6 Å². The van der Waals surface area contributed by atoms with Crippen molar-refractivity contribution in [2.75, 3.05) is 4.90 Å². The second kappa shape index (κ2) is 3.65. The number of furan rings is 1. The topological polar surface area (TPSA) is 59.2 Å². The van der Waals surface area contributed by atoms with Gasteiger partial charge in [0.1, 0.15) is 5.52 Å². The quantitative estimate of drug-likeness (QED) is 0.666. The maximum Gasteiger partial charge on any atom is 0.238 e. The number of benzene rings is 1. The van der Waals surface area contributed by atoms with E-state index in [1.54, 1.807) is 23.4 Å². The molecule has 4 rings (SSSR count). The number of carbonyl (C=O) groups excluding carboxylic acids is 1. The molecule has 3 heterocycles. The first-order valence-corrected chi connectivity index (χ1v) is 5.94. The molecule has 0 bridgehead atoms. The highest BCUT2D eigenvalue weighted by molar-refractivity contribution is 6.06. The molecule has 0 aliphatic carbocycles. The zero-order chi connectivity index (χ0) is 12.8. The lowest BCUT2D eigenvalue weighted by Gasteiger charge is -2.14. The molecule has 0 fully saturated rings. The Labute approximate surface area is 108 Å². The lowest BCUT2D eigenvalue weighted by molar-refractivity contribution is -0.116. The van der Waals surface area contributed by atoms with E-state index in [4.69, 9.17) is 4.42 Å². The molecule has 2 aromatic heterocycles. The number of nitrogens with zero attached hydrogens (tertiary/aromatic N) is 3. The van der Waals surface area contributed by atoms with Crippen LogP contribution in [0.3, 0.4) is 0 Å². The summed E-state index contributed by atoms with van der Waals surface area (Å²) in [4.78, 5) is 22.3. The van der Waals surface area contributed by atoms with Gasteiger partial charge in [0, 0.05) is 6.07 Å². The maximum absolute atomic E-state index is 12.1. The first-order valence-electron chi connectivity index (χ1n) is 5.94. The molecule has 0 atom stereocenters. The Kier molecular flexibility index (Phi) is 1.97. The number of fused-ring (bicyclic) bond motifs is 2. The smallest absolute Gasteiger partial charge is 0.238 e. The van der Waals surface area contributed by atoms with Gasteiger partial charge in [-0.05, 0) is 11.6 Å². The minimum atomic E-state index is -0.0101. The van der Waals surface area contributed by atoms with Gasteiger partial charge in [-0.3, -0.25) is 4.79 Å². The van der Waals surface area contributed by atoms with Crippen molar-refractivity contribution < 1.29 is 9.21 Å². The van der Waals surface area contributed by atoms with E-state index in [0.717, 1.165) is 11.3 Å². The van der Waals surface area contributed by atoms with Crippen LogP contribution in [-0.4, -0.2) is 15.9 Å². The minimum Gasteiger partial charge on any atom is -0.461 e. The number of hydrogen-bond donors (Lipinski definition) is 0. The number of aromatic nitrogens is 2. The van der Waals surface area contributed by atoms with Gasteiger partial charge in [0.15, 0.2) is 5.58 Å². The average Bonchev–Trinajstić information content (AvgIpc) is 3.00. The van der Waals surface area contributed by atoms with Crippen LogP contribution in [-0.2, 0) is 11.2 Å². The third-order valence-electron chi connectivity index (χ3n) is 3.21. The predicted octanol–water partition coefficient (Wildman–Crippen LogP) is 2.44. The van der Waals surface area contributed by atoms with E-state index < -0.39 is 0 Å². The summed E-state index contributed by atoms with van der Waals surface area (Å²) in [6, 6.07) is 9.44. The van der Waals surface area contributed by atoms with Crippen LogP contribution in [0.15, 0.2) is 47.2 Å². The van der Waals surface area contributed by atoms with Gasteiger partial charge in [-0.1, -0.05) is 18.2 Å². The Hall–Kier alpha value is -2.69. The molecular formula is C14H9N3O2. The lowest BCUT2D eigenvalue weighted by Crippen LogP contribution is -2.22. The molecule has 1 amide bonds. The summed E-state index contributed by atoms with van der Waals surface area (Å²) >= 11 is 0. The third-order valence-corrected chi connectivity index (χ3v) is 3.21. The van der Waals surface area contributed by atoms with E-state index in [1.807, 2.05) is 24.3 Å². The molecule has 19 heavy (non-hydrogen) atoms. The van der Waals surface area contributed by atoms with Crippen molar-refractivity contribution in [3.05, 3.63) is 48.4 Å². The highest BCUT2D eigenvalue weighted by atomic mass is 16.3. The molecule has 0 radical (unpaired) electrons. The Morgan fingerprint density at radius 2 is 2.11 bits per heavy atom. The summed E-state index contributed by atoms with van der Waals surface area (Å²) in [6.07, 6.45) is 3.54. The molecule has 0 unspecified atom stereocenters. The van der Waals surface area contributed by atoms with Gasteiger partial charge in [-0.15, -0.1) is 0 Å². The zero-order valence-electron chi connectivity index (χ0n) is 9.91. The van der Waals surface area contributed by atoms with Crippen LogP contribution in [0.2, 0.25) is 0 Å². The first kappa shape index (κ1) is 10.3. The fourth-order valence-corrected chi connectivity index (χ4v) is 2.34. The second-order valence-electron chi connectivity index (χ2n) is 4.37. The van der Waals surface area contributed by atoms with Crippen LogP contribution < -0.4 is 4.90 Å². The van der Waals surface area contributed by atoms with Crippen LogP contribution in [0.25, 0.3) is 11.1 Å². The minimum absolute atomic E-state index is 0.0101. The molecule has 0 saturated heterocycles. The lowest BCUT2D eigenvalue weighted by atomic mass is 10.2. The van der Waals surface area contributed by atoms with Crippen molar-refractivity contribution in [3.63, 3.8) is 0 Å². The van der Waals surface area contributed by atoms with Crippen LogP contribution in [0.1, 0.15) is 5.56 Å². The van der Waals surface area contributed by atoms with E-state index in [2.05, 4.69) is 9.97 Å². The van der Waals surface area contributed by atoms with Gasteiger partial charge in [-0.25, -0.2) is 14.9 Å². The largest absolute Gasteiger partial charge is 0.461 e. The summed E-state index contributed by atoms with van der Waals surface area (Å²) in [6.45, 7) is 0. The van der Waals surface area contributed by atoms with Crippen molar-refractivity contribution in [2.24, 2.45) is 0 Å². The number of anilines is 2. The fourth-order valence-electron chi connectivity index (χ4n) is 2.34. The molecule has 0 N–H and O–H groups in total. The molecule has 1 aliphatic rings. The molecule has 1 aromatic carbocycles. The molecule has 5 heteroatoms. The highest BCUT2D eigenvalue weighted by Gasteiger charge is 2.30. The summed E-state index contributed by atoms with van der Waals surface area (Å²) in [5, 5.41) is 0. The molecule has 92 valence electrons. The van der Waals surface area contributed by atoms with Crippen LogP contribution in [0, 0.1) is 0 Å². The Morgan fingerprint density at radius 1 is 1.21 bits per heavy atom. The van der Waals surface area contributed by atoms with Crippen LogP contribution in [0.5, 0.6) is 0 Å². The van der Waals surface area contributed by atoms with Crippen LogP contribution >= 0.6 is 0 Å². The standard InChI is InChI=1S/C14H9N3O2/c18-13-7-9-3-1-2-4-11(9)17(13)14-15-8-12-10(16-14)5-6-19-12/h1-6,8H,7H2. The second-order valence-corrected chi connectivity index (χ2v) is 4.37. The summed E-state index contributed by atoms with van der Waals surface area (Å²) in [7, 11) is 0. The Balaban J connectivity index is 1.89. The van der Waals surface area contributed by atoms with Gasteiger partial charge < -0.3 is 4.42 Å². The highest BCUT2D eigenvalue weighted by Crippen LogP contribution is 2.33. The van der Waals surface area contributed by atoms with Crippen molar-refractivity contribution in [2.45, 2.75) is 6.42 Å². The number of rotatable bonds is 1. The Morgan fingerprint density at radius 3 is 3.05 bits per heavy atom. The Bertz CT molecular complexity index is 794. The SMILES string of the molecule is O=C1Cc2ccccc2N1c1ncc2occc2n1. The zero-order valence-corrected chi connectivity index (χ0v) is 9.91. The third kappa shape index (κ3) is 1.45. The fraction of sp³-hybridized carbons (Fsp3) is 0.0714. The summed E-state index contributed by atoms with van der Waals surface area (Å²) < 4.78 is 5.20. The molecule has 1 aliphatic heterocycles. The monoisotopic (exact) mass is 251 g/mol. The molecule has 0 spiro atoms. The van der Waals surface area contributed by atoms with Gasteiger partial charge in [0.25, 0.3) is 0 Å².